The Kier molecular flexibility index (Phi) is 9.46. The van der Waals surface area contributed by atoms with E-state index in [9.17, 15) is 27.1 Å². The summed E-state index contributed by atoms with van der Waals surface area (Å²) >= 11 is 0. The van der Waals surface area contributed by atoms with E-state index in [1.54, 1.807) is 6.92 Å². The number of halogens is 6. The third kappa shape index (κ3) is 6.27. The molecule has 0 bridgehead atoms. The number of hydrogen-bond acceptors (Lipinski definition) is 3. The van der Waals surface area contributed by atoms with Crippen LogP contribution in [0.3, 0.4) is 0 Å². The molecule has 6 nitrogen and oxygen atoms in total. The van der Waals surface area contributed by atoms with Gasteiger partial charge in [0, 0.05) is 44.5 Å². The molecule has 0 amide bonds. The van der Waals surface area contributed by atoms with Crippen molar-refractivity contribution in [1.82, 2.24) is 20.2 Å². The van der Waals surface area contributed by atoms with Crippen molar-refractivity contribution in [3.63, 3.8) is 0 Å². The fourth-order valence-electron chi connectivity index (χ4n) is 2.68. The molecular weight excluding hydrogens is 524 g/mol. The molecule has 0 aliphatic rings. The third-order valence-electron chi connectivity index (χ3n) is 4.20. The Balaban J connectivity index is 0.00000450. The van der Waals surface area contributed by atoms with Crippen LogP contribution < -0.4 is 10.6 Å². The van der Waals surface area contributed by atoms with Crippen LogP contribution in [0.25, 0.3) is 0 Å². The van der Waals surface area contributed by atoms with Gasteiger partial charge in [0.2, 0.25) is 5.60 Å². The van der Waals surface area contributed by atoms with Crippen LogP contribution in [0, 0.1) is 11.6 Å². The van der Waals surface area contributed by atoms with Crippen LogP contribution in [0.2, 0.25) is 0 Å². The van der Waals surface area contributed by atoms with Crippen LogP contribution in [0.1, 0.15) is 24.7 Å². The summed E-state index contributed by atoms with van der Waals surface area (Å²) in [7, 11) is 1.35. The Morgan fingerprint density at radius 2 is 1.93 bits per heavy atom. The van der Waals surface area contributed by atoms with Gasteiger partial charge in [-0.1, -0.05) is 0 Å². The van der Waals surface area contributed by atoms with Gasteiger partial charge in [-0.2, -0.15) is 13.2 Å². The topological polar surface area (TPSA) is 74.5 Å². The van der Waals surface area contributed by atoms with Gasteiger partial charge in [-0.15, -0.1) is 24.0 Å². The molecule has 3 N–H and O–H groups in total. The van der Waals surface area contributed by atoms with Gasteiger partial charge in [-0.05, 0) is 25.1 Å². The third-order valence-corrected chi connectivity index (χ3v) is 4.20. The van der Waals surface area contributed by atoms with Crippen molar-refractivity contribution < 1.29 is 27.1 Å². The number of aliphatic hydroxyl groups is 1. The minimum Gasteiger partial charge on any atom is -0.374 e. The Labute approximate surface area is 187 Å². The highest BCUT2D eigenvalue weighted by atomic mass is 127. The van der Waals surface area contributed by atoms with Crippen LogP contribution in [0.15, 0.2) is 35.6 Å². The maximum absolute atomic E-state index is 13.7. The van der Waals surface area contributed by atoms with E-state index in [1.807, 2.05) is 0 Å². The maximum Gasteiger partial charge on any atom is 0.424 e. The highest BCUT2D eigenvalue weighted by Gasteiger charge is 2.57. The molecule has 168 valence electrons. The van der Waals surface area contributed by atoms with E-state index in [4.69, 9.17) is 0 Å². The van der Waals surface area contributed by atoms with Gasteiger partial charge in [0.05, 0.1) is 6.54 Å². The zero-order valence-corrected chi connectivity index (χ0v) is 18.6. The van der Waals surface area contributed by atoms with Gasteiger partial charge in [-0.25, -0.2) is 18.8 Å². The molecule has 0 aliphatic carbocycles. The van der Waals surface area contributed by atoms with Gasteiger partial charge in [0.1, 0.15) is 17.5 Å². The van der Waals surface area contributed by atoms with Crippen molar-refractivity contribution >= 4 is 29.9 Å². The monoisotopic (exact) mass is 547 g/mol. The summed E-state index contributed by atoms with van der Waals surface area (Å²) in [6, 6.07) is 2.93. The molecule has 1 aromatic carbocycles. The van der Waals surface area contributed by atoms with Crippen LogP contribution >= 0.6 is 24.0 Å². The molecule has 2 rings (SSSR count). The molecular formula is C18H23F5IN5O. The van der Waals surface area contributed by atoms with E-state index in [0.717, 1.165) is 22.8 Å². The van der Waals surface area contributed by atoms with Gasteiger partial charge in [0.25, 0.3) is 0 Å². The zero-order valence-electron chi connectivity index (χ0n) is 16.3. The smallest absolute Gasteiger partial charge is 0.374 e. The molecule has 2 aromatic rings. The predicted octanol–water partition coefficient (Wildman–Crippen LogP) is 3.21. The summed E-state index contributed by atoms with van der Waals surface area (Å²) in [4.78, 5) is 7.68. The first-order valence-corrected chi connectivity index (χ1v) is 8.81. The van der Waals surface area contributed by atoms with Gasteiger partial charge < -0.3 is 20.3 Å². The van der Waals surface area contributed by atoms with Crippen molar-refractivity contribution in [1.29, 1.82) is 0 Å². The number of guanidine groups is 1. The first-order valence-electron chi connectivity index (χ1n) is 8.81. The number of alkyl halides is 3. The van der Waals surface area contributed by atoms with Crippen LogP contribution in [0.5, 0.6) is 0 Å². The Hall–Kier alpha value is -1.96. The van der Waals surface area contributed by atoms with Gasteiger partial charge in [0.15, 0.2) is 5.96 Å². The van der Waals surface area contributed by atoms with E-state index in [2.05, 4.69) is 20.6 Å². The quantitative estimate of drug-likeness (QED) is 0.216. The summed E-state index contributed by atoms with van der Waals surface area (Å²) in [6.07, 6.45) is -3.22. The maximum atomic E-state index is 13.7. The highest BCUT2D eigenvalue weighted by Crippen LogP contribution is 2.40. The number of rotatable bonds is 7. The second-order valence-electron chi connectivity index (χ2n) is 6.33. The van der Waals surface area contributed by atoms with E-state index < -0.39 is 35.7 Å². The minimum absolute atomic E-state index is 0. The number of nitrogens with zero attached hydrogens (tertiary/aromatic N) is 3. The summed E-state index contributed by atoms with van der Waals surface area (Å²) in [5, 5.41) is 15.8. The summed E-state index contributed by atoms with van der Waals surface area (Å²) < 4.78 is 68.6. The molecule has 12 heteroatoms. The number of aliphatic imine (C=N–C) groups is 1. The second kappa shape index (κ2) is 10.9. The van der Waals surface area contributed by atoms with Crippen LogP contribution in [0.4, 0.5) is 22.0 Å². The SMILES string of the molecule is CCNC(=NCc1cc(F)ccc1F)NCCC(O)(c1nccn1C)C(F)(F)F.I. The average molecular weight is 547 g/mol. The molecule has 0 saturated carbocycles. The first-order chi connectivity index (χ1) is 13.6. The van der Waals surface area contributed by atoms with Gasteiger partial charge >= 0.3 is 6.18 Å². The number of hydrogen-bond donors (Lipinski definition) is 3. The fourth-order valence-corrected chi connectivity index (χ4v) is 2.68. The van der Waals surface area contributed by atoms with Crippen molar-refractivity contribution in [2.45, 2.75) is 31.7 Å². The lowest BCUT2D eigenvalue weighted by Gasteiger charge is -2.30. The highest BCUT2D eigenvalue weighted by molar-refractivity contribution is 14.0. The molecule has 1 atom stereocenters. The van der Waals surface area contributed by atoms with Crippen molar-refractivity contribution in [3.05, 3.63) is 53.6 Å². The largest absolute Gasteiger partial charge is 0.424 e. The lowest BCUT2D eigenvalue weighted by Crippen LogP contribution is -2.47. The second-order valence-corrected chi connectivity index (χ2v) is 6.33. The van der Waals surface area contributed by atoms with E-state index in [0.29, 0.717) is 6.54 Å². The predicted molar refractivity (Wildman–Crippen MR) is 112 cm³/mol. The van der Waals surface area contributed by atoms with Gasteiger partial charge in [-0.3, -0.25) is 0 Å². The number of benzene rings is 1. The normalized spacial score (nSPS) is 14.1. The molecule has 1 unspecified atom stereocenters. The van der Waals surface area contributed by atoms with E-state index in [-0.39, 0.29) is 48.6 Å². The lowest BCUT2D eigenvalue weighted by molar-refractivity contribution is -0.272. The minimum atomic E-state index is -4.95. The molecule has 30 heavy (non-hydrogen) atoms. The molecule has 0 fully saturated rings. The standard InChI is InChI=1S/C18H22F5N5O.HI/c1-3-24-16(27-11-12-10-13(19)4-5-14(12)20)26-7-6-17(29,18(21,22)23)15-25-8-9-28(15)2;/h4-5,8-10,29H,3,6-7,11H2,1-2H3,(H2,24,26,27);1H. The van der Waals surface area contributed by atoms with Crippen LogP contribution in [-0.2, 0) is 19.2 Å². The average Bonchev–Trinajstić information content (AvgIpc) is 3.07. The molecule has 0 saturated heterocycles. The number of nitrogens with one attached hydrogen (secondary N) is 2. The van der Waals surface area contributed by atoms with Crippen molar-refractivity contribution in [3.8, 4) is 0 Å². The number of imidazole rings is 1. The summed E-state index contributed by atoms with van der Waals surface area (Å²) in [5.74, 6) is -1.71. The van der Waals surface area contributed by atoms with E-state index >= 15 is 0 Å². The molecule has 0 radical (unpaired) electrons. The van der Waals surface area contributed by atoms with Crippen molar-refractivity contribution in [2.75, 3.05) is 13.1 Å². The molecule has 0 spiro atoms. The Morgan fingerprint density at radius 3 is 2.50 bits per heavy atom. The molecule has 1 heterocycles. The molecule has 1 aromatic heterocycles. The Morgan fingerprint density at radius 1 is 1.23 bits per heavy atom. The van der Waals surface area contributed by atoms with E-state index in [1.165, 1.54) is 19.4 Å². The summed E-state index contributed by atoms with van der Waals surface area (Å²) in [6.45, 7) is 1.60. The Bertz CT molecular complexity index is 858. The molecule has 0 aliphatic heterocycles. The number of aromatic nitrogens is 2. The first kappa shape index (κ1) is 26.1. The summed E-state index contributed by atoms with van der Waals surface area (Å²) in [5.41, 5.74) is -3.16. The fraction of sp³-hybridized carbons (Fsp3) is 0.444. The number of aryl methyl sites for hydroxylation is 1. The lowest BCUT2D eigenvalue weighted by atomic mass is 9.97. The van der Waals surface area contributed by atoms with Crippen molar-refractivity contribution in [2.24, 2.45) is 12.0 Å². The zero-order chi connectivity index (χ0) is 21.7. The van der Waals surface area contributed by atoms with Crippen LogP contribution in [-0.4, -0.2) is 39.9 Å².